The Balaban J connectivity index is 2.65. The molecule has 1 atom stereocenters. The van der Waals surface area contributed by atoms with Crippen molar-refractivity contribution in [1.82, 2.24) is 9.55 Å². The molecule has 1 aromatic heterocycles. The number of fused-ring (bicyclic) bond motifs is 1. The predicted molar refractivity (Wildman–Crippen MR) is 69.2 cm³/mol. The summed E-state index contributed by atoms with van der Waals surface area (Å²) in [5.74, 6) is 0.909. The number of nitrogens with zero attached hydrogens (tertiary/aromatic N) is 2. The fourth-order valence-corrected chi connectivity index (χ4v) is 2.28. The average molecular weight is 304 g/mol. The Bertz CT molecular complexity index is 510. The van der Waals surface area contributed by atoms with Crippen LogP contribution < -0.4 is 0 Å². The van der Waals surface area contributed by atoms with Gasteiger partial charge in [-0.15, -0.1) is 0 Å². The Kier molecular flexibility index (Phi) is 3.52. The van der Waals surface area contributed by atoms with Crippen LogP contribution in [0.4, 0.5) is 0 Å². The minimum absolute atomic E-state index is 0.0980. The van der Waals surface area contributed by atoms with E-state index < -0.39 is 0 Å². The van der Waals surface area contributed by atoms with Crippen LogP contribution in [0.2, 0.25) is 5.02 Å². The van der Waals surface area contributed by atoms with Crippen LogP contribution in [-0.4, -0.2) is 21.3 Å². The minimum atomic E-state index is 0.0980. The van der Waals surface area contributed by atoms with Crippen molar-refractivity contribution in [2.45, 2.75) is 18.3 Å². The quantitative estimate of drug-likeness (QED) is 0.885. The van der Waals surface area contributed by atoms with Gasteiger partial charge in [0.15, 0.2) is 0 Å². The summed E-state index contributed by atoms with van der Waals surface area (Å²) in [4.78, 5) is 4.66. The molecule has 0 saturated carbocycles. The lowest BCUT2D eigenvalue weighted by Crippen LogP contribution is -2.07. The van der Waals surface area contributed by atoms with E-state index in [9.17, 15) is 0 Å². The maximum atomic E-state index is 9.07. The van der Waals surface area contributed by atoms with Crippen molar-refractivity contribution in [2.24, 2.45) is 0 Å². The summed E-state index contributed by atoms with van der Waals surface area (Å²) in [7, 11) is 0. The number of hydrogen-bond donors (Lipinski definition) is 1. The summed E-state index contributed by atoms with van der Waals surface area (Å²) < 4.78 is 2.01. The molecule has 2 rings (SSSR count). The fourth-order valence-electron chi connectivity index (χ4n) is 1.76. The maximum absolute atomic E-state index is 9.07. The number of hydrogen-bond acceptors (Lipinski definition) is 2. The van der Waals surface area contributed by atoms with Crippen LogP contribution in [0, 0.1) is 0 Å². The topological polar surface area (TPSA) is 38.0 Å². The van der Waals surface area contributed by atoms with Gasteiger partial charge in [0.1, 0.15) is 5.82 Å². The molecule has 0 bridgehead atoms. The molecular weight excluding hydrogens is 291 g/mol. The second-order valence-corrected chi connectivity index (χ2v) is 5.40. The van der Waals surface area contributed by atoms with Gasteiger partial charge < -0.3 is 9.67 Å². The molecule has 16 heavy (non-hydrogen) atoms. The first-order valence-corrected chi connectivity index (χ1v) is 6.33. The lowest BCUT2D eigenvalue weighted by atomic mass is 10.3. The van der Waals surface area contributed by atoms with E-state index in [0.29, 0.717) is 11.6 Å². The first-order chi connectivity index (χ1) is 7.63. The largest absolute Gasteiger partial charge is 0.395 e. The fraction of sp³-hybridized carbons (Fsp3) is 0.364. The molecule has 0 fully saturated rings. The molecule has 1 heterocycles. The van der Waals surface area contributed by atoms with Crippen LogP contribution in [0.1, 0.15) is 17.6 Å². The van der Waals surface area contributed by atoms with Crippen molar-refractivity contribution < 1.29 is 5.11 Å². The van der Waals surface area contributed by atoms with Crippen LogP contribution in [0.25, 0.3) is 11.0 Å². The molecular formula is C11H12BrClN2O. The number of alkyl halides is 1. The van der Waals surface area contributed by atoms with E-state index in [1.54, 1.807) is 0 Å². The zero-order valence-electron chi connectivity index (χ0n) is 8.82. The van der Waals surface area contributed by atoms with E-state index in [-0.39, 0.29) is 11.4 Å². The molecule has 0 aliphatic carbocycles. The number of aromatic nitrogens is 2. The Labute approximate surface area is 107 Å². The molecule has 0 radical (unpaired) electrons. The van der Waals surface area contributed by atoms with Crippen LogP contribution in [0.3, 0.4) is 0 Å². The number of aliphatic hydroxyl groups is 1. The van der Waals surface area contributed by atoms with Gasteiger partial charge in [0, 0.05) is 11.6 Å². The van der Waals surface area contributed by atoms with E-state index in [1.165, 1.54) is 0 Å². The van der Waals surface area contributed by atoms with Crippen molar-refractivity contribution in [3.05, 3.63) is 29.0 Å². The van der Waals surface area contributed by atoms with Gasteiger partial charge in [-0.05, 0) is 25.1 Å². The van der Waals surface area contributed by atoms with Gasteiger partial charge in [0.2, 0.25) is 0 Å². The Hall–Kier alpha value is -0.580. The highest BCUT2D eigenvalue weighted by Crippen LogP contribution is 2.27. The maximum Gasteiger partial charge on any atom is 0.123 e. The highest BCUT2D eigenvalue weighted by atomic mass is 79.9. The van der Waals surface area contributed by atoms with E-state index in [2.05, 4.69) is 20.9 Å². The second-order valence-electron chi connectivity index (χ2n) is 3.59. The third kappa shape index (κ3) is 2.10. The molecule has 1 aromatic carbocycles. The van der Waals surface area contributed by atoms with E-state index in [0.717, 1.165) is 16.9 Å². The molecule has 5 heteroatoms. The van der Waals surface area contributed by atoms with Gasteiger partial charge in [0.05, 0.1) is 22.5 Å². The molecule has 2 aromatic rings. The Morgan fingerprint density at radius 1 is 1.56 bits per heavy atom. The van der Waals surface area contributed by atoms with Crippen LogP contribution in [0.15, 0.2) is 18.2 Å². The number of aliphatic hydroxyl groups excluding tert-OH is 1. The standard InChI is InChI=1S/C11H12BrClN2O/c1-7(12)11-14-9-6-8(13)2-3-10(9)15(11)4-5-16/h2-3,6-7,16H,4-5H2,1H3. The molecule has 0 aliphatic rings. The summed E-state index contributed by atoms with van der Waals surface area (Å²) in [6, 6.07) is 5.60. The first kappa shape index (κ1) is 11.9. The molecule has 0 amide bonds. The van der Waals surface area contributed by atoms with Crippen LogP contribution >= 0.6 is 27.5 Å². The van der Waals surface area contributed by atoms with Crippen molar-refractivity contribution in [1.29, 1.82) is 0 Å². The normalized spacial score (nSPS) is 13.2. The summed E-state index contributed by atoms with van der Waals surface area (Å²) in [5.41, 5.74) is 1.86. The van der Waals surface area contributed by atoms with Crippen molar-refractivity contribution >= 4 is 38.6 Å². The molecule has 1 N–H and O–H groups in total. The monoisotopic (exact) mass is 302 g/mol. The van der Waals surface area contributed by atoms with Gasteiger partial charge in [-0.2, -0.15) is 0 Å². The second kappa shape index (κ2) is 4.73. The van der Waals surface area contributed by atoms with Gasteiger partial charge in [-0.1, -0.05) is 27.5 Å². The number of benzene rings is 1. The zero-order valence-corrected chi connectivity index (χ0v) is 11.2. The van der Waals surface area contributed by atoms with E-state index in [1.807, 2.05) is 29.7 Å². The lowest BCUT2D eigenvalue weighted by molar-refractivity contribution is 0.276. The van der Waals surface area contributed by atoms with Gasteiger partial charge in [0.25, 0.3) is 0 Å². The molecule has 0 saturated heterocycles. The van der Waals surface area contributed by atoms with Gasteiger partial charge in [-0.3, -0.25) is 0 Å². The third-order valence-electron chi connectivity index (χ3n) is 2.42. The predicted octanol–water partition coefficient (Wildman–Crippen LogP) is 3.14. The van der Waals surface area contributed by atoms with E-state index in [4.69, 9.17) is 16.7 Å². The summed E-state index contributed by atoms with van der Waals surface area (Å²) in [5, 5.41) is 9.74. The van der Waals surface area contributed by atoms with Crippen LogP contribution in [-0.2, 0) is 6.54 Å². The summed E-state index contributed by atoms with van der Waals surface area (Å²) in [6.07, 6.45) is 0. The molecule has 0 aliphatic heterocycles. The molecule has 1 unspecified atom stereocenters. The highest BCUT2D eigenvalue weighted by Gasteiger charge is 2.14. The van der Waals surface area contributed by atoms with Gasteiger partial charge in [-0.25, -0.2) is 4.98 Å². The van der Waals surface area contributed by atoms with E-state index >= 15 is 0 Å². The average Bonchev–Trinajstić information content (AvgIpc) is 2.57. The summed E-state index contributed by atoms with van der Waals surface area (Å²) >= 11 is 9.43. The zero-order chi connectivity index (χ0) is 11.7. The minimum Gasteiger partial charge on any atom is -0.395 e. The summed E-state index contributed by atoms with van der Waals surface area (Å²) in [6.45, 7) is 2.65. The Morgan fingerprint density at radius 3 is 2.94 bits per heavy atom. The first-order valence-electron chi connectivity index (χ1n) is 5.04. The molecule has 86 valence electrons. The third-order valence-corrected chi connectivity index (χ3v) is 3.06. The Morgan fingerprint density at radius 2 is 2.31 bits per heavy atom. The molecule has 3 nitrogen and oxygen atoms in total. The number of halogens is 2. The number of imidazole rings is 1. The lowest BCUT2D eigenvalue weighted by Gasteiger charge is -2.08. The molecule has 0 spiro atoms. The van der Waals surface area contributed by atoms with Crippen molar-refractivity contribution in [2.75, 3.05) is 6.61 Å². The van der Waals surface area contributed by atoms with Crippen LogP contribution in [0.5, 0.6) is 0 Å². The van der Waals surface area contributed by atoms with Gasteiger partial charge >= 0.3 is 0 Å². The highest BCUT2D eigenvalue weighted by molar-refractivity contribution is 9.09. The van der Waals surface area contributed by atoms with Crippen molar-refractivity contribution in [3.63, 3.8) is 0 Å². The SMILES string of the molecule is CC(Br)c1nc2cc(Cl)ccc2n1CCO. The number of rotatable bonds is 3. The smallest absolute Gasteiger partial charge is 0.123 e. The van der Waals surface area contributed by atoms with Crippen molar-refractivity contribution in [3.8, 4) is 0 Å².